The average Bonchev–Trinajstić information content (AvgIpc) is 2.37. The summed E-state index contributed by atoms with van der Waals surface area (Å²) in [7, 11) is 0. The molecule has 106 valence electrons. The molecule has 0 aromatic heterocycles. The quantitative estimate of drug-likeness (QED) is 0.438. The van der Waals surface area contributed by atoms with E-state index in [0.29, 0.717) is 12.1 Å². The van der Waals surface area contributed by atoms with Crippen LogP contribution in [0.4, 0.5) is 0 Å². The Morgan fingerprint density at radius 2 is 2.05 bits per heavy atom. The molecule has 0 heterocycles. The third kappa shape index (κ3) is 4.70. The van der Waals surface area contributed by atoms with Gasteiger partial charge in [0.05, 0.1) is 6.10 Å². The number of rotatable bonds is 7. The SMILES string of the molecule is CCOC1CC(CC(Cc2ccc(I)cc2)NN)C1. The predicted molar refractivity (Wildman–Crippen MR) is 86.7 cm³/mol. The Hall–Kier alpha value is -0.170. The van der Waals surface area contributed by atoms with E-state index in [2.05, 4.69) is 59.2 Å². The Morgan fingerprint density at radius 3 is 2.63 bits per heavy atom. The fraction of sp³-hybridized carbons (Fsp3) is 0.600. The Morgan fingerprint density at radius 1 is 1.37 bits per heavy atom. The molecule has 0 saturated heterocycles. The molecule has 3 nitrogen and oxygen atoms in total. The molecular formula is C15H23IN2O. The Bertz CT molecular complexity index is 376. The maximum atomic E-state index is 5.69. The van der Waals surface area contributed by atoms with Crippen LogP contribution in [0.3, 0.4) is 0 Å². The molecule has 1 unspecified atom stereocenters. The molecule has 1 saturated carbocycles. The van der Waals surface area contributed by atoms with Gasteiger partial charge in [-0.05, 0) is 78.8 Å². The number of ether oxygens (including phenoxy) is 1. The molecule has 0 amide bonds. The molecule has 1 aliphatic carbocycles. The van der Waals surface area contributed by atoms with Crippen molar-refractivity contribution in [1.29, 1.82) is 0 Å². The first kappa shape index (κ1) is 15.2. The van der Waals surface area contributed by atoms with Crippen LogP contribution >= 0.6 is 22.6 Å². The van der Waals surface area contributed by atoms with Crippen molar-refractivity contribution in [3.63, 3.8) is 0 Å². The molecular weight excluding hydrogens is 351 g/mol. The van der Waals surface area contributed by atoms with Crippen LogP contribution in [0.15, 0.2) is 24.3 Å². The Balaban J connectivity index is 1.76. The molecule has 1 aromatic carbocycles. The number of nitrogens with one attached hydrogen (secondary N) is 1. The summed E-state index contributed by atoms with van der Waals surface area (Å²) in [5.74, 6) is 6.45. The van der Waals surface area contributed by atoms with Gasteiger partial charge in [-0.15, -0.1) is 0 Å². The van der Waals surface area contributed by atoms with Gasteiger partial charge in [-0.3, -0.25) is 11.3 Å². The van der Waals surface area contributed by atoms with Crippen LogP contribution in [-0.4, -0.2) is 18.8 Å². The number of hydrazine groups is 1. The first-order valence-corrected chi connectivity index (χ1v) is 8.11. The highest BCUT2D eigenvalue weighted by molar-refractivity contribution is 14.1. The minimum absolute atomic E-state index is 0.368. The van der Waals surface area contributed by atoms with Crippen LogP contribution in [0.25, 0.3) is 0 Å². The molecule has 4 heteroatoms. The fourth-order valence-corrected chi connectivity index (χ4v) is 3.12. The lowest BCUT2D eigenvalue weighted by Crippen LogP contribution is -2.42. The lowest BCUT2D eigenvalue weighted by Gasteiger charge is -2.37. The van der Waals surface area contributed by atoms with Crippen LogP contribution in [0.2, 0.25) is 0 Å². The summed E-state index contributed by atoms with van der Waals surface area (Å²) >= 11 is 2.33. The molecule has 1 fully saturated rings. The van der Waals surface area contributed by atoms with E-state index in [1.54, 1.807) is 0 Å². The van der Waals surface area contributed by atoms with Crippen LogP contribution < -0.4 is 11.3 Å². The zero-order valence-corrected chi connectivity index (χ0v) is 13.6. The maximum absolute atomic E-state index is 5.69. The second-order valence-electron chi connectivity index (χ2n) is 5.34. The van der Waals surface area contributed by atoms with Crippen molar-refractivity contribution in [2.75, 3.05) is 6.61 Å². The topological polar surface area (TPSA) is 47.3 Å². The van der Waals surface area contributed by atoms with E-state index in [4.69, 9.17) is 10.6 Å². The van der Waals surface area contributed by atoms with Crippen molar-refractivity contribution in [3.05, 3.63) is 33.4 Å². The van der Waals surface area contributed by atoms with E-state index in [-0.39, 0.29) is 0 Å². The van der Waals surface area contributed by atoms with Crippen molar-refractivity contribution < 1.29 is 4.74 Å². The molecule has 19 heavy (non-hydrogen) atoms. The zero-order chi connectivity index (χ0) is 13.7. The first-order chi connectivity index (χ1) is 9.21. The minimum atomic E-state index is 0.368. The monoisotopic (exact) mass is 374 g/mol. The van der Waals surface area contributed by atoms with Gasteiger partial charge < -0.3 is 4.74 Å². The number of benzene rings is 1. The van der Waals surface area contributed by atoms with Gasteiger partial charge in [-0.25, -0.2) is 0 Å². The van der Waals surface area contributed by atoms with Gasteiger partial charge in [0.25, 0.3) is 0 Å². The molecule has 0 bridgehead atoms. The summed E-state index contributed by atoms with van der Waals surface area (Å²) in [5, 5.41) is 0. The Labute approximate surface area is 129 Å². The molecule has 0 aliphatic heterocycles. The van der Waals surface area contributed by atoms with Gasteiger partial charge in [-0.1, -0.05) is 12.1 Å². The van der Waals surface area contributed by atoms with E-state index >= 15 is 0 Å². The summed E-state index contributed by atoms with van der Waals surface area (Å²) in [5.41, 5.74) is 4.32. The number of hydrogen-bond donors (Lipinski definition) is 2. The van der Waals surface area contributed by atoms with Gasteiger partial charge in [0, 0.05) is 16.2 Å². The van der Waals surface area contributed by atoms with E-state index in [1.807, 2.05) is 0 Å². The molecule has 0 spiro atoms. The fourth-order valence-electron chi connectivity index (χ4n) is 2.76. The Kier molecular flexibility index (Phi) is 6.06. The van der Waals surface area contributed by atoms with Gasteiger partial charge in [0.1, 0.15) is 0 Å². The molecule has 3 N–H and O–H groups in total. The van der Waals surface area contributed by atoms with Crippen LogP contribution in [0.1, 0.15) is 31.7 Å². The maximum Gasteiger partial charge on any atom is 0.0580 e. The molecule has 0 radical (unpaired) electrons. The van der Waals surface area contributed by atoms with Crippen LogP contribution in [0, 0.1) is 9.49 Å². The van der Waals surface area contributed by atoms with Crippen LogP contribution in [-0.2, 0) is 11.2 Å². The third-order valence-corrected chi connectivity index (χ3v) is 4.56. The number of hydrogen-bond acceptors (Lipinski definition) is 3. The summed E-state index contributed by atoms with van der Waals surface area (Å²) in [6.07, 6.45) is 5.03. The van der Waals surface area contributed by atoms with Gasteiger partial charge in [0.2, 0.25) is 0 Å². The summed E-state index contributed by atoms with van der Waals surface area (Å²) in [6.45, 7) is 2.90. The van der Waals surface area contributed by atoms with Crippen LogP contribution in [0.5, 0.6) is 0 Å². The van der Waals surface area contributed by atoms with E-state index in [0.717, 1.165) is 25.4 Å². The van der Waals surface area contributed by atoms with Crippen molar-refractivity contribution in [2.45, 2.75) is 44.8 Å². The van der Waals surface area contributed by atoms with E-state index < -0.39 is 0 Å². The first-order valence-electron chi connectivity index (χ1n) is 7.03. The average molecular weight is 374 g/mol. The van der Waals surface area contributed by atoms with Gasteiger partial charge in [-0.2, -0.15) is 0 Å². The zero-order valence-electron chi connectivity index (χ0n) is 11.4. The van der Waals surface area contributed by atoms with Crippen molar-refractivity contribution in [2.24, 2.45) is 11.8 Å². The van der Waals surface area contributed by atoms with Crippen molar-refractivity contribution >= 4 is 22.6 Å². The third-order valence-electron chi connectivity index (χ3n) is 3.84. The largest absolute Gasteiger partial charge is 0.378 e. The second kappa shape index (κ2) is 7.57. The van der Waals surface area contributed by atoms with E-state index in [1.165, 1.54) is 22.0 Å². The lowest BCUT2D eigenvalue weighted by atomic mass is 9.77. The molecule has 1 aliphatic rings. The number of nitrogens with two attached hydrogens (primary N) is 1. The molecule has 1 aromatic rings. The standard InChI is InChI=1S/C15H23IN2O/c1-2-19-15-9-12(10-15)8-14(18-17)7-11-3-5-13(16)6-4-11/h3-6,12,14-15,18H,2,7-10,17H2,1H3. The highest BCUT2D eigenvalue weighted by Gasteiger charge is 2.31. The highest BCUT2D eigenvalue weighted by Crippen LogP contribution is 2.33. The second-order valence-corrected chi connectivity index (χ2v) is 6.59. The normalized spacial score (nSPS) is 23.9. The highest BCUT2D eigenvalue weighted by atomic mass is 127. The minimum Gasteiger partial charge on any atom is -0.378 e. The van der Waals surface area contributed by atoms with Gasteiger partial charge in [0.15, 0.2) is 0 Å². The van der Waals surface area contributed by atoms with Crippen molar-refractivity contribution in [3.8, 4) is 0 Å². The summed E-state index contributed by atoms with van der Waals surface area (Å²) < 4.78 is 6.88. The number of halogens is 1. The molecule has 1 atom stereocenters. The summed E-state index contributed by atoms with van der Waals surface area (Å²) in [4.78, 5) is 0. The molecule has 2 rings (SSSR count). The predicted octanol–water partition coefficient (Wildman–Crippen LogP) is 2.87. The van der Waals surface area contributed by atoms with Gasteiger partial charge >= 0.3 is 0 Å². The van der Waals surface area contributed by atoms with E-state index in [9.17, 15) is 0 Å². The smallest absolute Gasteiger partial charge is 0.0580 e. The summed E-state index contributed by atoms with van der Waals surface area (Å²) in [6, 6.07) is 9.05. The van der Waals surface area contributed by atoms with Crippen molar-refractivity contribution in [1.82, 2.24) is 5.43 Å². The lowest BCUT2D eigenvalue weighted by molar-refractivity contribution is -0.0290.